The van der Waals surface area contributed by atoms with E-state index < -0.39 is 74.2 Å². The number of rotatable bonds is 10. The van der Waals surface area contributed by atoms with Gasteiger partial charge in [-0.05, 0) is 67.9 Å². The topological polar surface area (TPSA) is 262 Å². The number of nitrogen functional groups attached to an aromatic ring is 2. The number of methoxy groups -OCH3 is 3. The lowest BCUT2D eigenvalue weighted by molar-refractivity contribution is -0.385. The van der Waals surface area contributed by atoms with Gasteiger partial charge in [0.05, 0.1) is 26.5 Å². The predicted molar refractivity (Wildman–Crippen MR) is 212 cm³/mol. The molecule has 0 bridgehead atoms. The summed E-state index contributed by atoms with van der Waals surface area (Å²) < 4.78 is 125. The second-order valence-electron chi connectivity index (χ2n) is 11.2. The van der Waals surface area contributed by atoms with Crippen LogP contribution >= 0.6 is 0 Å². The maximum atomic E-state index is 12.5. The number of carbonyl (C=O) groups is 3. The van der Waals surface area contributed by atoms with Crippen LogP contribution in [0.15, 0.2) is 54.6 Å². The molecule has 64 heavy (non-hydrogen) atoms. The first-order chi connectivity index (χ1) is 29.5. The van der Waals surface area contributed by atoms with Crippen LogP contribution in [-0.2, 0) is 47.1 Å². The van der Waals surface area contributed by atoms with Crippen LogP contribution in [0.2, 0.25) is 0 Å². The molecule has 0 fully saturated rings. The number of nitrogens with two attached hydrogens (primary N) is 2. The Kier molecular flexibility index (Phi) is 26.4. The Morgan fingerprint density at radius 2 is 0.906 bits per heavy atom. The van der Waals surface area contributed by atoms with Gasteiger partial charge in [0.15, 0.2) is 0 Å². The SMILES string of the molecule is CC#CC#CC#CC.COCC(=O)Nc1cc(N)cc(C(F)(F)F)c1.COCC(=O)Nc1cc([N+](=O)[O-])cc(C(F)(F)F)c1.COCC(=O)O.Nc1cc([N+](=O)[O-])cc(C(F)(F)F)c1. The summed E-state index contributed by atoms with van der Waals surface area (Å²) in [5.41, 5.74) is 5.04. The minimum atomic E-state index is -4.74. The normalized spacial score (nSPS) is 10.0. The highest BCUT2D eigenvalue weighted by molar-refractivity contribution is 5.92. The van der Waals surface area contributed by atoms with Gasteiger partial charge in [-0.1, -0.05) is 11.8 Å². The summed E-state index contributed by atoms with van der Waals surface area (Å²) in [6, 6.07) is 6.65. The van der Waals surface area contributed by atoms with Crippen molar-refractivity contribution >= 4 is 51.9 Å². The number of nitrogens with one attached hydrogen (secondary N) is 2. The van der Waals surface area contributed by atoms with E-state index in [0.29, 0.717) is 24.3 Å². The lowest BCUT2D eigenvalue weighted by atomic mass is 10.1. The van der Waals surface area contributed by atoms with Crippen LogP contribution in [0.5, 0.6) is 0 Å². The molecule has 0 heterocycles. The molecule has 3 aromatic rings. The second kappa shape index (κ2) is 28.8. The highest BCUT2D eigenvalue weighted by Gasteiger charge is 2.34. The van der Waals surface area contributed by atoms with Crippen LogP contribution in [0.3, 0.4) is 0 Å². The number of nitro groups is 2. The minimum absolute atomic E-state index is 0.0145. The number of nitrogens with zero attached hydrogens (tertiary/aromatic N) is 2. The third-order valence-electron chi connectivity index (χ3n) is 6.04. The molecular weight excluding hydrogens is 887 g/mol. The first kappa shape index (κ1) is 58.5. The molecule has 0 aromatic heterocycles. The van der Waals surface area contributed by atoms with Gasteiger partial charge in [-0.2, -0.15) is 39.5 Å². The summed E-state index contributed by atoms with van der Waals surface area (Å²) in [6.07, 6.45) is -13.9. The number of aliphatic carboxylic acids is 1. The van der Waals surface area contributed by atoms with Gasteiger partial charge < -0.3 is 41.4 Å². The average molecular weight is 925 g/mol. The van der Waals surface area contributed by atoms with Gasteiger partial charge in [0, 0.05) is 68.3 Å². The summed E-state index contributed by atoms with van der Waals surface area (Å²) in [5.74, 6) is 13.3. The molecule has 348 valence electrons. The van der Waals surface area contributed by atoms with Crippen molar-refractivity contribution in [3.8, 4) is 35.5 Å². The number of carboxylic acid groups (broad SMARTS) is 1. The monoisotopic (exact) mass is 924 g/mol. The second-order valence-corrected chi connectivity index (χ2v) is 11.2. The number of carbonyl (C=O) groups excluding carboxylic acids is 2. The zero-order valence-electron chi connectivity index (χ0n) is 33.8. The molecule has 2 amide bonds. The third-order valence-corrected chi connectivity index (χ3v) is 6.04. The molecule has 0 radical (unpaired) electrons. The third kappa shape index (κ3) is 26.6. The summed E-state index contributed by atoms with van der Waals surface area (Å²) >= 11 is 0. The quantitative estimate of drug-likeness (QED) is 0.0451. The minimum Gasteiger partial charge on any atom is -0.480 e. The van der Waals surface area contributed by atoms with E-state index in [1.165, 1.54) is 27.4 Å². The molecular formula is C38H37F9N6O11. The van der Waals surface area contributed by atoms with E-state index in [0.717, 1.165) is 24.3 Å². The molecule has 0 saturated heterocycles. The molecule has 17 nitrogen and oxygen atoms in total. The van der Waals surface area contributed by atoms with Crippen molar-refractivity contribution in [3.63, 3.8) is 0 Å². The maximum absolute atomic E-state index is 12.5. The lowest BCUT2D eigenvalue weighted by Crippen LogP contribution is -2.18. The van der Waals surface area contributed by atoms with Gasteiger partial charge in [0.25, 0.3) is 11.4 Å². The zero-order chi connectivity index (χ0) is 49.8. The molecule has 0 aliphatic heterocycles. The number of hydrogen-bond acceptors (Lipinski definition) is 12. The molecule has 0 aliphatic carbocycles. The highest BCUT2D eigenvalue weighted by atomic mass is 19.4. The predicted octanol–water partition coefficient (Wildman–Crippen LogP) is 7.02. The lowest BCUT2D eigenvalue weighted by Gasteiger charge is -2.11. The Morgan fingerprint density at radius 3 is 1.22 bits per heavy atom. The first-order valence-electron chi connectivity index (χ1n) is 16.6. The molecule has 0 unspecified atom stereocenters. The zero-order valence-corrected chi connectivity index (χ0v) is 33.8. The molecule has 3 aromatic carbocycles. The van der Waals surface area contributed by atoms with Crippen molar-refractivity contribution < 1.29 is 83.1 Å². The molecule has 3 rings (SSSR count). The summed E-state index contributed by atoms with van der Waals surface area (Å²) in [5, 5.41) is 32.9. The largest absolute Gasteiger partial charge is 0.480 e. The van der Waals surface area contributed by atoms with Crippen LogP contribution in [0.25, 0.3) is 0 Å². The van der Waals surface area contributed by atoms with Gasteiger partial charge in [-0.25, -0.2) is 4.79 Å². The van der Waals surface area contributed by atoms with Crippen molar-refractivity contribution in [2.45, 2.75) is 32.4 Å². The number of ether oxygens (including phenoxy) is 3. The maximum Gasteiger partial charge on any atom is 0.416 e. The number of carboxylic acids is 1. The van der Waals surface area contributed by atoms with Crippen molar-refractivity contribution in [1.29, 1.82) is 0 Å². The Bertz CT molecular complexity index is 2230. The number of amides is 2. The van der Waals surface area contributed by atoms with Crippen LogP contribution in [0.1, 0.15) is 30.5 Å². The van der Waals surface area contributed by atoms with Crippen molar-refractivity contribution in [3.05, 3.63) is 91.5 Å². The Morgan fingerprint density at radius 1 is 0.578 bits per heavy atom. The fourth-order valence-corrected chi connectivity index (χ4v) is 3.71. The van der Waals surface area contributed by atoms with Crippen LogP contribution in [-0.4, -0.2) is 73.9 Å². The summed E-state index contributed by atoms with van der Waals surface area (Å²) in [4.78, 5) is 50.6. The van der Waals surface area contributed by atoms with Crippen LogP contribution in [0, 0.1) is 55.8 Å². The van der Waals surface area contributed by atoms with Crippen LogP contribution < -0.4 is 22.1 Å². The van der Waals surface area contributed by atoms with Crippen LogP contribution in [0.4, 0.5) is 73.6 Å². The highest BCUT2D eigenvalue weighted by Crippen LogP contribution is 2.35. The van der Waals surface area contributed by atoms with E-state index in [2.05, 4.69) is 60.4 Å². The number of hydrogen-bond donors (Lipinski definition) is 5. The number of halogens is 9. The summed E-state index contributed by atoms with van der Waals surface area (Å²) in [6.45, 7) is 2.67. The Labute approximate surface area is 357 Å². The molecule has 7 N–H and O–H groups in total. The van der Waals surface area contributed by atoms with Gasteiger partial charge in [-0.15, -0.1) is 0 Å². The fourth-order valence-electron chi connectivity index (χ4n) is 3.71. The molecule has 0 aliphatic rings. The standard InChI is InChI=1S/C10H9F3N2O4.C10H11F3N2O2.C8H6.C7H5F3N2O2.C3H6O3/c1-19-5-9(16)14-7-2-6(10(11,12)13)3-8(4-7)15(17)18;1-17-5-9(16)15-8-3-6(10(11,12)13)2-7(14)4-8;1-3-5-7-8-6-4-2;8-7(9,10)4-1-5(11)3-6(2-4)12(13)14;1-6-2-3(4)5/h2-4H,5H2,1H3,(H,14,16);2-4H,5,14H2,1H3,(H,15,16);1-2H3;1-3H,11H2;2H2,1H3,(H,4,5). The van der Waals surface area contributed by atoms with E-state index in [1.807, 2.05) is 0 Å². The molecule has 0 atom stereocenters. The van der Waals surface area contributed by atoms with Gasteiger partial charge >= 0.3 is 24.5 Å². The Balaban J connectivity index is 0. The van der Waals surface area contributed by atoms with E-state index in [-0.39, 0.29) is 42.6 Å². The van der Waals surface area contributed by atoms with Gasteiger partial charge in [-0.3, -0.25) is 29.8 Å². The van der Waals surface area contributed by atoms with E-state index in [4.69, 9.17) is 16.6 Å². The van der Waals surface area contributed by atoms with E-state index in [9.17, 15) is 74.1 Å². The number of nitro benzene ring substituents is 2. The Hall–Kier alpha value is -7.60. The number of non-ortho nitro benzene ring substituents is 2. The number of benzene rings is 3. The number of alkyl halides is 9. The van der Waals surface area contributed by atoms with Crippen molar-refractivity contribution in [2.24, 2.45) is 0 Å². The molecule has 0 spiro atoms. The van der Waals surface area contributed by atoms with Gasteiger partial charge in [0.1, 0.15) is 19.8 Å². The molecule has 0 saturated carbocycles. The van der Waals surface area contributed by atoms with Gasteiger partial charge in [0.2, 0.25) is 11.8 Å². The smallest absolute Gasteiger partial charge is 0.416 e. The summed E-state index contributed by atoms with van der Waals surface area (Å²) in [7, 11) is 3.88. The van der Waals surface area contributed by atoms with Crippen molar-refractivity contribution in [1.82, 2.24) is 0 Å². The average Bonchev–Trinajstić information content (AvgIpc) is 3.16. The van der Waals surface area contributed by atoms with E-state index >= 15 is 0 Å². The first-order valence-corrected chi connectivity index (χ1v) is 16.6. The number of anilines is 4. The van der Waals surface area contributed by atoms with Crippen molar-refractivity contribution in [2.75, 3.05) is 63.3 Å². The molecule has 26 heteroatoms. The van der Waals surface area contributed by atoms with E-state index in [1.54, 1.807) is 13.8 Å². The fraction of sp³-hybridized carbons (Fsp3) is 0.289.